The lowest BCUT2D eigenvalue weighted by molar-refractivity contribution is 0.472. The van der Waals surface area contributed by atoms with Gasteiger partial charge in [-0.3, -0.25) is 0 Å². The van der Waals surface area contributed by atoms with Gasteiger partial charge in [-0.05, 0) is 31.5 Å². The molecule has 1 atom stereocenters. The van der Waals surface area contributed by atoms with E-state index < -0.39 is 0 Å². The Balaban J connectivity index is 1.95. The highest BCUT2D eigenvalue weighted by molar-refractivity contribution is 5.29. The first-order chi connectivity index (χ1) is 8.15. The van der Waals surface area contributed by atoms with Crippen molar-refractivity contribution in [3.05, 3.63) is 47.5 Å². The Hall–Kier alpha value is -1.81. The Bertz CT molecular complexity index is 493. The van der Waals surface area contributed by atoms with Gasteiger partial charge in [-0.1, -0.05) is 12.1 Å². The van der Waals surface area contributed by atoms with Crippen LogP contribution in [0.4, 0.5) is 0 Å². The second kappa shape index (κ2) is 5.01. The average Bonchev–Trinajstić information content (AvgIpc) is 2.72. The molecule has 4 heteroatoms. The zero-order valence-corrected chi connectivity index (χ0v) is 10.1. The number of phenolic OH excluding ortho intramolecular Hbond substituents is 1. The summed E-state index contributed by atoms with van der Waals surface area (Å²) in [6, 6.07) is 7.48. The Morgan fingerprint density at radius 1 is 1.47 bits per heavy atom. The number of nitrogens with zero attached hydrogens (tertiary/aromatic N) is 1. The summed E-state index contributed by atoms with van der Waals surface area (Å²) in [6.07, 6.45) is 1.83. The summed E-state index contributed by atoms with van der Waals surface area (Å²) in [4.78, 5) is 7.32. The summed E-state index contributed by atoms with van der Waals surface area (Å²) in [7, 11) is 0. The lowest BCUT2D eigenvalue weighted by atomic mass is 10.1. The highest BCUT2D eigenvalue weighted by Gasteiger charge is 2.06. The number of aromatic hydroxyl groups is 1. The average molecular weight is 231 g/mol. The van der Waals surface area contributed by atoms with Gasteiger partial charge in [0.15, 0.2) is 0 Å². The van der Waals surface area contributed by atoms with Crippen LogP contribution >= 0.6 is 0 Å². The molecule has 0 aliphatic rings. The Morgan fingerprint density at radius 3 is 2.94 bits per heavy atom. The number of aromatic amines is 1. The summed E-state index contributed by atoms with van der Waals surface area (Å²) in [5.41, 5.74) is 2.13. The van der Waals surface area contributed by atoms with E-state index in [0.29, 0.717) is 5.75 Å². The van der Waals surface area contributed by atoms with Crippen LogP contribution in [0.5, 0.6) is 5.75 Å². The van der Waals surface area contributed by atoms with Crippen molar-refractivity contribution in [3.8, 4) is 5.75 Å². The maximum absolute atomic E-state index is 9.41. The van der Waals surface area contributed by atoms with E-state index in [0.717, 1.165) is 23.6 Å². The van der Waals surface area contributed by atoms with Crippen molar-refractivity contribution in [2.45, 2.75) is 26.4 Å². The molecule has 0 aliphatic carbocycles. The number of phenols is 1. The first kappa shape index (κ1) is 11.7. The maximum atomic E-state index is 9.41. The largest absolute Gasteiger partial charge is 0.508 e. The van der Waals surface area contributed by atoms with E-state index in [1.165, 1.54) is 0 Å². The molecule has 1 aromatic carbocycles. The highest BCUT2D eigenvalue weighted by atomic mass is 16.3. The molecule has 0 saturated heterocycles. The van der Waals surface area contributed by atoms with Gasteiger partial charge in [0.25, 0.3) is 0 Å². The number of nitrogens with one attached hydrogen (secondary N) is 2. The molecule has 3 N–H and O–H groups in total. The molecule has 0 amide bonds. The molecule has 1 unspecified atom stereocenters. The minimum atomic E-state index is 0.186. The molecular weight excluding hydrogens is 214 g/mol. The number of aromatic nitrogens is 2. The van der Waals surface area contributed by atoms with Gasteiger partial charge in [-0.2, -0.15) is 0 Å². The second-order valence-electron chi connectivity index (χ2n) is 4.19. The fourth-order valence-corrected chi connectivity index (χ4v) is 1.74. The van der Waals surface area contributed by atoms with Gasteiger partial charge in [0, 0.05) is 24.5 Å². The molecule has 2 rings (SSSR count). The van der Waals surface area contributed by atoms with Gasteiger partial charge in [-0.15, -0.1) is 0 Å². The Kier molecular flexibility index (Phi) is 3.44. The number of rotatable bonds is 4. The summed E-state index contributed by atoms with van der Waals surface area (Å²) < 4.78 is 0. The van der Waals surface area contributed by atoms with Crippen molar-refractivity contribution in [1.82, 2.24) is 15.3 Å². The van der Waals surface area contributed by atoms with E-state index >= 15 is 0 Å². The monoisotopic (exact) mass is 231 g/mol. The number of imidazole rings is 1. The van der Waals surface area contributed by atoms with Crippen LogP contribution in [0.2, 0.25) is 0 Å². The number of H-pyrrole nitrogens is 1. The lowest BCUT2D eigenvalue weighted by Crippen LogP contribution is -2.18. The first-order valence-electron chi connectivity index (χ1n) is 5.68. The van der Waals surface area contributed by atoms with Gasteiger partial charge >= 0.3 is 0 Å². The number of aryl methyl sites for hydroxylation is 1. The molecule has 0 aliphatic heterocycles. The third-order valence-corrected chi connectivity index (χ3v) is 2.72. The van der Waals surface area contributed by atoms with Crippen LogP contribution in [0, 0.1) is 6.92 Å². The van der Waals surface area contributed by atoms with Crippen molar-refractivity contribution >= 4 is 0 Å². The van der Waals surface area contributed by atoms with E-state index in [2.05, 4.69) is 22.2 Å². The SMILES string of the molecule is Cc1ncc(CNC(C)c2cccc(O)c2)[nH]1. The topological polar surface area (TPSA) is 60.9 Å². The van der Waals surface area contributed by atoms with Crippen LogP contribution < -0.4 is 5.32 Å². The van der Waals surface area contributed by atoms with Crippen molar-refractivity contribution in [1.29, 1.82) is 0 Å². The van der Waals surface area contributed by atoms with Gasteiger partial charge in [0.2, 0.25) is 0 Å². The Labute approximate surface area is 101 Å². The Morgan fingerprint density at radius 2 is 2.29 bits per heavy atom. The van der Waals surface area contributed by atoms with Crippen molar-refractivity contribution < 1.29 is 5.11 Å². The van der Waals surface area contributed by atoms with Crippen LogP contribution in [0.25, 0.3) is 0 Å². The van der Waals surface area contributed by atoms with E-state index in [9.17, 15) is 5.11 Å². The molecule has 0 fully saturated rings. The molecule has 1 aromatic heterocycles. The molecule has 0 spiro atoms. The standard InChI is InChI=1S/C13H17N3O/c1-9(11-4-3-5-13(17)6-11)14-7-12-8-15-10(2)16-12/h3-6,8-9,14,17H,7H2,1-2H3,(H,15,16). The third kappa shape index (κ3) is 3.07. The van der Waals surface area contributed by atoms with Crippen molar-refractivity contribution in [2.75, 3.05) is 0 Å². The first-order valence-corrected chi connectivity index (χ1v) is 5.68. The van der Waals surface area contributed by atoms with E-state index in [-0.39, 0.29) is 6.04 Å². The van der Waals surface area contributed by atoms with Gasteiger partial charge in [0.05, 0.1) is 0 Å². The highest BCUT2D eigenvalue weighted by Crippen LogP contribution is 2.17. The van der Waals surface area contributed by atoms with Crippen LogP contribution in [-0.4, -0.2) is 15.1 Å². The fourth-order valence-electron chi connectivity index (χ4n) is 1.74. The predicted octanol–water partition coefficient (Wildman–Crippen LogP) is 2.27. The van der Waals surface area contributed by atoms with Gasteiger partial charge in [0.1, 0.15) is 11.6 Å². The van der Waals surface area contributed by atoms with E-state index in [4.69, 9.17) is 0 Å². The number of hydrogen-bond acceptors (Lipinski definition) is 3. The minimum absolute atomic E-state index is 0.186. The van der Waals surface area contributed by atoms with Gasteiger partial charge < -0.3 is 15.4 Å². The third-order valence-electron chi connectivity index (χ3n) is 2.72. The van der Waals surface area contributed by atoms with Crippen molar-refractivity contribution in [2.24, 2.45) is 0 Å². The quantitative estimate of drug-likeness (QED) is 0.756. The van der Waals surface area contributed by atoms with E-state index in [1.807, 2.05) is 25.3 Å². The zero-order chi connectivity index (χ0) is 12.3. The smallest absolute Gasteiger partial charge is 0.115 e. The lowest BCUT2D eigenvalue weighted by Gasteiger charge is -2.13. The summed E-state index contributed by atoms with van der Waals surface area (Å²) in [5.74, 6) is 1.22. The summed E-state index contributed by atoms with van der Waals surface area (Å²) in [5, 5.41) is 12.8. The van der Waals surface area contributed by atoms with Crippen LogP contribution in [0.15, 0.2) is 30.5 Å². The normalized spacial score (nSPS) is 12.6. The van der Waals surface area contributed by atoms with Crippen LogP contribution in [0.3, 0.4) is 0 Å². The predicted molar refractivity (Wildman–Crippen MR) is 66.7 cm³/mol. The molecule has 1 heterocycles. The second-order valence-corrected chi connectivity index (χ2v) is 4.19. The van der Waals surface area contributed by atoms with Crippen LogP contribution in [0.1, 0.15) is 30.0 Å². The molecule has 0 bridgehead atoms. The van der Waals surface area contributed by atoms with E-state index in [1.54, 1.807) is 12.1 Å². The fraction of sp³-hybridized carbons (Fsp3) is 0.308. The van der Waals surface area contributed by atoms with Crippen LogP contribution in [-0.2, 0) is 6.54 Å². The molecule has 90 valence electrons. The number of benzene rings is 1. The molecular formula is C13H17N3O. The minimum Gasteiger partial charge on any atom is -0.508 e. The van der Waals surface area contributed by atoms with Gasteiger partial charge in [-0.25, -0.2) is 4.98 Å². The summed E-state index contributed by atoms with van der Waals surface area (Å²) in [6.45, 7) is 4.73. The zero-order valence-electron chi connectivity index (χ0n) is 10.1. The van der Waals surface area contributed by atoms with Crippen molar-refractivity contribution in [3.63, 3.8) is 0 Å². The number of hydrogen-bond donors (Lipinski definition) is 3. The summed E-state index contributed by atoms with van der Waals surface area (Å²) >= 11 is 0. The molecule has 17 heavy (non-hydrogen) atoms. The maximum Gasteiger partial charge on any atom is 0.115 e. The molecule has 4 nitrogen and oxygen atoms in total. The molecule has 0 saturated carbocycles. The molecule has 2 aromatic rings. The molecule has 0 radical (unpaired) electrons.